The highest BCUT2D eigenvalue weighted by atomic mass is 19.1. The van der Waals surface area contributed by atoms with E-state index in [-0.39, 0.29) is 11.7 Å². The maximum atomic E-state index is 13.1. The summed E-state index contributed by atoms with van der Waals surface area (Å²) in [6.07, 6.45) is 4.87. The first kappa shape index (κ1) is 14.0. The zero-order chi connectivity index (χ0) is 13.8. The zero-order valence-electron chi connectivity index (χ0n) is 11.7. The van der Waals surface area contributed by atoms with E-state index in [0.717, 1.165) is 24.3 Å². The fraction of sp³-hybridized carbons (Fsp3) is 0.562. The Morgan fingerprint density at radius 3 is 2.63 bits per heavy atom. The minimum atomic E-state index is -0.278. The monoisotopic (exact) mass is 263 g/mol. The number of carbonyl (C=O) groups is 1. The summed E-state index contributed by atoms with van der Waals surface area (Å²) in [4.78, 5) is 14.1. The molecule has 0 spiro atoms. The molecule has 0 radical (unpaired) electrons. The van der Waals surface area contributed by atoms with E-state index in [9.17, 15) is 9.18 Å². The van der Waals surface area contributed by atoms with Crippen LogP contribution in [0.25, 0.3) is 0 Å². The van der Waals surface area contributed by atoms with Crippen LogP contribution in [0.4, 0.5) is 4.39 Å². The fourth-order valence-electron chi connectivity index (χ4n) is 2.78. The van der Waals surface area contributed by atoms with Gasteiger partial charge in [0.25, 0.3) is 0 Å². The average molecular weight is 263 g/mol. The molecule has 0 heterocycles. The first-order valence-corrected chi connectivity index (χ1v) is 7.06. The first-order chi connectivity index (χ1) is 9.06. The van der Waals surface area contributed by atoms with Crippen LogP contribution in [0.1, 0.15) is 38.2 Å². The van der Waals surface area contributed by atoms with E-state index >= 15 is 0 Å². The predicted molar refractivity (Wildman–Crippen MR) is 74.3 cm³/mol. The highest BCUT2D eigenvalue weighted by Gasteiger charge is 2.24. The number of hydrogen-bond donors (Lipinski definition) is 0. The maximum absolute atomic E-state index is 13.1. The summed E-state index contributed by atoms with van der Waals surface area (Å²) in [6, 6.07) is 6.66. The van der Waals surface area contributed by atoms with Crippen LogP contribution in [0.5, 0.6) is 0 Å². The summed E-state index contributed by atoms with van der Waals surface area (Å²) in [5.74, 6) is 0.590. The predicted octanol–water partition coefficient (Wildman–Crippen LogP) is 3.41. The second kappa shape index (κ2) is 6.18. The molecule has 0 aliphatic heterocycles. The van der Waals surface area contributed by atoms with Crippen molar-refractivity contribution < 1.29 is 9.18 Å². The standard InChI is InChI=1S/C16H22FNO/c1-12-6-8-15(9-7-12)18(2)16(19)11-13-4-3-5-14(17)10-13/h3-5,10,12,15H,6-9,11H2,1-2H3. The van der Waals surface area contributed by atoms with E-state index in [0.29, 0.717) is 12.5 Å². The van der Waals surface area contributed by atoms with Crippen LogP contribution >= 0.6 is 0 Å². The van der Waals surface area contributed by atoms with Gasteiger partial charge in [0.15, 0.2) is 0 Å². The summed E-state index contributed by atoms with van der Waals surface area (Å²) in [7, 11) is 1.88. The molecule has 0 aromatic heterocycles. The Bertz CT molecular complexity index is 438. The smallest absolute Gasteiger partial charge is 0.226 e. The van der Waals surface area contributed by atoms with Crippen molar-refractivity contribution in [1.82, 2.24) is 4.90 Å². The van der Waals surface area contributed by atoms with E-state index in [1.54, 1.807) is 12.1 Å². The van der Waals surface area contributed by atoms with Crippen LogP contribution in [0.15, 0.2) is 24.3 Å². The van der Waals surface area contributed by atoms with Crippen molar-refractivity contribution in [3.05, 3.63) is 35.6 Å². The SMILES string of the molecule is CC1CCC(N(C)C(=O)Cc2cccc(F)c2)CC1. The van der Waals surface area contributed by atoms with Gasteiger partial charge in [-0.1, -0.05) is 19.1 Å². The van der Waals surface area contributed by atoms with Crippen LogP contribution < -0.4 is 0 Å². The van der Waals surface area contributed by atoms with Crippen molar-refractivity contribution in [2.24, 2.45) is 5.92 Å². The Morgan fingerprint density at radius 1 is 1.32 bits per heavy atom. The molecule has 0 atom stereocenters. The van der Waals surface area contributed by atoms with Gasteiger partial charge in [0.05, 0.1) is 6.42 Å². The Morgan fingerprint density at radius 2 is 2.00 bits per heavy atom. The zero-order valence-corrected chi connectivity index (χ0v) is 11.7. The van der Waals surface area contributed by atoms with Crippen molar-refractivity contribution in [3.8, 4) is 0 Å². The highest BCUT2D eigenvalue weighted by Crippen LogP contribution is 2.26. The van der Waals surface area contributed by atoms with Gasteiger partial charge in [-0.25, -0.2) is 4.39 Å². The van der Waals surface area contributed by atoms with E-state index in [2.05, 4.69) is 6.92 Å². The molecular weight excluding hydrogens is 241 g/mol. The van der Waals surface area contributed by atoms with Crippen LogP contribution in [-0.4, -0.2) is 23.9 Å². The van der Waals surface area contributed by atoms with Crippen molar-refractivity contribution in [3.63, 3.8) is 0 Å². The fourth-order valence-corrected chi connectivity index (χ4v) is 2.78. The second-order valence-electron chi connectivity index (χ2n) is 5.73. The maximum Gasteiger partial charge on any atom is 0.226 e. The number of nitrogens with zero attached hydrogens (tertiary/aromatic N) is 1. The van der Waals surface area contributed by atoms with Gasteiger partial charge >= 0.3 is 0 Å². The molecule has 2 nitrogen and oxygen atoms in total. The highest BCUT2D eigenvalue weighted by molar-refractivity contribution is 5.78. The molecule has 3 heteroatoms. The topological polar surface area (TPSA) is 20.3 Å². The Balaban J connectivity index is 1.92. The molecular formula is C16H22FNO. The van der Waals surface area contributed by atoms with E-state index in [4.69, 9.17) is 0 Å². The molecule has 2 rings (SSSR count). The van der Waals surface area contributed by atoms with Gasteiger partial charge in [0.1, 0.15) is 5.82 Å². The van der Waals surface area contributed by atoms with E-state index in [1.165, 1.54) is 25.0 Å². The van der Waals surface area contributed by atoms with Crippen molar-refractivity contribution in [2.45, 2.75) is 45.1 Å². The van der Waals surface area contributed by atoms with Crippen molar-refractivity contribution in [2.75, 3.05) is 7.05 Å². The third kappa shape index (κ3) is 3.79. The third-order valence-corrected chi connectivity index (χ3v) is 4.17. The number of amides is 1. The van der Waals surface area contributed by atoms with E-state index in [1.807, 2.05) is 11.9 Å². The van der Waals surface area contributed by atoms with Crippen LogP contribution in [-0.2, 0) is 11.2 Å². The van der Waals surface area contributed by atoms with Gasteiger partial charge in [0, 0.05) is 13.1 Å². The minimum absolute atomic E-state index is 0.0881. The molecule has 0 bridgehead atoms. The van der Waals surface area contributed by atoms with Crippen molar-refractivity contribution in [1.29, 1.82) is 0 Å². The molecule has 19 heavy (non-hydrogen) atoms. The van der Waals surface area contributed by atoms with Gasteiger partial charge in [-0.15, -0.1) is 0 Å². The number of carbonyl (C=O) groups excluding carboxylic acids is 1. The largest absolute Gasteiger partial charge is 0.342 e. The third-order valence-electron chi connectivity index (χ3n) is 4.17. The molecule has 0 saturated heterocycles. The Labute approximate surface area is 114 Å². The number of rotatable bonds is 3. The Hall–Kier alpha value is -1.38. The number of benzene rings is 1. The van der Waals surface area contributed by atoms with Gasteiger partial charge in [-0.05, 0) is 49.3 Å². The van der Waals surface area contributed by atoms with Gasteiger partial charge in [0.2, 0.25) is 5.91 Å². The average Bonchev–Trinajstić information content (AvgIpc) is 2.39. The quantitative estimate of drug-likeness (QED) is 0.818. The number of likely N-dealkylation sites (N-methyl/N-ethyl adjacent to an activating group) is 1. The Kier molecular flexibility index (Phi) is 4.56. The van der Waals surface area contributed by atoms with Gasteiger partial charge in [-0.2, -0.15) is 0 Å². The lowest BCUT2D eigenvalue weighted by atomic mass is 9.86. The minimum Gasteiger partial charge on any atom is -0.342 e. The van der Waals surface area contributed by atoms with E-state index < -0.39 is 0 Å². The summed E-state index contributed by atoms with van der Waals surface area (Å²) in [6.45, 7) is 2.27. The first-order valence-electron chi connectivity index (χ1n) is 7.06. The summed E-state index contributed by atoms with van der Waals surface area (Å²) >= 11 is 0. The lowest BCUT2D eigenvalue weighted by Crippen LogP contribution is -2.40. The lowest BCUT2D eigenvalue weighted by molar-refractivity contribution is -0.132. The molecule has 1 saturated carbocycles. The molecule has 0 N–H and O–H groups in total. The molecule has 1 aliphatic carbocycles. The summed E-state index contributed by atoms with van der Waals surface area (Å²) in [5.41, 5.74) is 0.751. The molecule has 0 unspecified atom stereocenters. The number of halogens is 1. The molecule has 1 aliphatic rings. The number of hydrogen-bond acceptors (Lipinski definition) is 1. The summed E-state index contributed by atoms with van der Waals surface area (Å²) < 4.78 is 13.1. The van der Waals surface area contributed by atoms with Crippen LogP contribution in [0.3, 0.4) is 0 Å². The van der Waals surface area contributed by atoms with Crippen molar-refractivity contribution >= 4 is 5.91 Å². The normalized spacial score (nSPS) is 23.1. The molecule has 1 aromatic carbocycles. The molecule has 1 aromatic rings. The second-order valence-corrected chi connectivity index (χ2v) is 5.73. The van der Waals surface area contributed by atoms with Crippen LogP contribution in [0, 0.1) is 11.7 Å². The molecule has 1 fully saturated rings. The van der Waals surface area contributed by atoms with Gasteiger partial charge in [-0.3, -0.25) is 4.79 Å². The lowest BCUT2D eigenvalue weighted by Gasteiger charge is -2.33. The van der Waals surface area contributed by atoms with Gasteiger partial charge < -0.3 is 4.90 Å². The summed E-state index contributed by atoms with van der Waals surface area (Å²) in [5, 5.41) is 0. The molecule has 1 amide bonds. The van der Waals surface area contributed by atoms with Crippen LogP contribution in [0.2, 0.25) is 0 Å². The molecule has 104 valence electrons.